The summed E-state index contributed by atoms with van der Waals surface area (Å²) in [5.41, 5.74) is 2.36. The molecular weight excluding hydrogens is 424 g/mol. The average Bonchev–Trinajstić information content (AvgIpc) is 3.49. The highest BCUT2D eigenvalue weighted by Crippen LogP contribution is 2.44. The molecule has 0 radical (unpaired) electrons. The Kier molecular flexibility index (Phi) is 4.90. The maximum atomic E-state index is 13.2. The lowest BCUT2D eigenvalue weighted by Crippen LogP contribution is -2.29. The number of aryl methyl sites for hydroxylation is 2. The number of hydrogen-bond acceptors (Lipinski definition) is 6. The van der Waals surface area contributed by atoms with Crippen molar-refractivity contribution >= 4 is 44.1 Å². The predicted octanol–water partition coefficient (Wildman–Crippen LogP) is 5.39. The summed E-state index contributed by atoms with van der Waals surface area (Å²) >= 11 is 1.34. The van der Waals surface area contributed by atoms with Gasteiger partial charge in [0, 0.05) is 5.56 Å². The fraction of sp³-hybridized carbons (Fsp3) is 0.160. The van der Waals surface area contributed by atoms with Gasteiger partial charge >= 0.3 is 5.91 Å². The minimum atomic E-state index is -0.907. The van der Waals surface area contributed by atoms with Gasteiger partial charge in [-0.05, 0) is 43.2 Å². The number of carbonyl (C=O) groups excluding carboxylic acids is 2. The zero-order chi connectivity index (χ0) is 22.4. The zero-order valence-electron chi connectivity index (χ0n) is 17.5. The number of fused-ring (bicyclic) bond motifs is 1. The Morgan fingerprint density at radius 3 is 2.59 bits per heavy atom. The van der Waals surface area contributed by atoms with Crippen molar-refractivity contribution in [2.24, 2.45) is 0 Å². The van der Waals surface area contributed by atoms with Gasteiger partial charge in [0.1, 0.15) is 23.3 Å². The molecule has 2 aromatic carbocycles. The second-order valence-corrected chi connectivity index (χ2v) is 8.64. The van der Waals surface area contributed by atoms with E-state index in [-0.39, 0.29) is 11.3 Å². The van der Waals surface area contributed by atoms with Crippen LogP contribution in [0.4, 0.5) is 5.13 Å². The van der Waals surface area contributed by atoms with Crippen molar-refractivity contribution in [3.8, 4) is 0 Å². The number of aliphatic hydroxyl groups is 1. The van der Waals surface area contributed by atoms with E-state index in [1.54, 1.807) is 43.3 Å². The highest BCUT2D eigenvalue weighted by molar-refractivity contribution is 7.22. The topological polar surface area (TPSA) is 83.6 Å². The molecule has 0 spiro atoms. The number of thiazole rings is 1. The van der Waals surface area contributed by atoms with Crippen molar-refractivity contribution in [1.29, 1.82) is 0 Å². The van der Waals surface area contributed by atoms with Gasteiger partial charge in [-0.2, -0.15) is 0 Å². The Morgan fingerprint density at radius 2 is 1.91 bits per heavy atom. The van der Waals surface area contributed by atoms with Gasteiger partial charge in [0.05, 0.1) is 15.8 Å². The van der Waals surface area contributed by atoms with Crippen molar-refractivity contribution in [2.75, 3.05) is 4.90 Å². The number of benzene rings is 2. The number of ketones is 1. The number of furan rings is 1. The van der Waals surface area contributed by atoms with Crippen molar-refractivity contribution in [3.63, 3.8) is 0 Å². The van der Waals surface area contributed by atoms with Crippen molar-refractivity contribution in [2.45, 2.75) is 26.3 Å². The van der Waals surface area contributed by atoms with Crippen molar-refractivity contribution < 1.29 is 19.1 Å². The van der Waals surface area contributed by atoms with Crippen molar-refractivity contribution in [3.05, 3.63) is 88.9 Å². The molecule has 1 amide bonds. The molecule has 1 saturated heterocycles. The quantitative estimate of drug-likeness (QED) is 0.259. The first-order chi connectivity index (χ1) is 15.5. The van der Waals surface area contributed by atoms with E-state index in [1.165, 1.54) is 16.2 Å². The summed E-state index contributed by atoms with van der Waals surface area (Å²) in [6, 6.07) is 17.3. The largest absolute Gasteiger partial charge is 0.507 e. The molecule has 7 heteroatoms. The summed E-state index contributed by atoms with van der Waals surface area (Å²) < 4.78 is 6.76. The molecule has 0 bridgehead atoms. The van der Waals surface area contributed by atoms with E-state index in [4.69, 9.17) is 4.42 Å². The van der Waals surface area contributed by atoms with Crippen LogP contribution in [-0.4, -0.2) is 21.8 Å². The third-order valence-corrected chi connectivity index (χ3v) is 6.60. The maximum Gasteiger partial charge on any atom is 0.302 e. The number of aliphatic hydroxyl groups excluding tert-OH is 1. The van der Waals surface area contributed by atoms with Crippen LogP contribution in [0.3, 0.4) is 0 Å². The molecule has 32 heavy (non-hydrogen) atoms. The second kappa shape index (κ2) is 7.76. The van der Waals surface area contributed by atoms with Gasteiger partial charge in [0.25, 0.3) is 5.78 Å². The average molecular weight is 445 g/mol. The Morgan fingerprint density at radius 1 is 1.12 bits per heavy atom. The molecule has 5 rings (SSSR count). The fourth-order valence-electron chi connectivity index (χ4n) is 3.93. The molecule has 0 saturated carbocycles. The van der Waals surface area contributed by atoms with E-state index in [0.29, 0.717) is 22.2 Å². The lowest BCUT2D eigenvalue weighted by Gasteiger charge is -2.20. The van der Waals surface area contributed by atoms with Gasteiger partial charge in [0.2, 0.25) is 0 Å². The first-order valence-electron chi connectivity index (χ1n) is 10.3. The van der Waals surface area contributed by atoms with Crippen LogP contribution < -0.4 is 4.90 Å². The number of nitrogens with zero attached hydrogens (tertiary/aromatic N) is 2. The molecule has 1 unspecified atom stereocenters. The molecule has 0 aliphatic carbocycles. The molecule has 6 nitrogen and oxygen atoms in total. The molecule has 1 N–H and O–H groups in total. The molecule has 3 heterocycles. The van der Waals surface area contributed by atoms with E-state index in [9.17, 15) is 14.7 Å². The summed E-state index contributed by atoms with van der Waals surface area (Å²) in [7, 11) is 0. The van der Waals surface area contributed by atoms with Gasteiger partial charge in [-0.25, -0.2) is 4.98 Å². The minimum absolute atomic E-state index is 0.0101. The third-order valence-electron chi connectivity index (χ3n) is 5.58. The van der Waals surface area contributed by atoms with E-state index >= 15 is 0 Å². The molecule has 160 valence electrons. The molecule has 1 atom stereocenters. The molecule has 1 aliphatic rings. The Labute approximate surface area is 188 Å². The summed E-state index contributed by atoms with van der Waals surface area (Å²) in [6.45, 7) is 3.86. The minimum Gasteiger partial charge on any atom is -0.507 e. The Balaban J connectivity index is 1.71. The lowest BCUT2D eigenvalue weighted by molar-refractivity contribution is -0.132. The van der Waals surface area contributed by atoms with Gasteiger partial charge in [0.15, 0.2) is 5.13 Å². The number of Topliss-reactive ketones (excluding diaryl/α,β-unsaturated/α-hetero) is 1. The fourth-order valence-corrected chi connectivity index (χ4v) is 4.99. The van der Waals surface area contributed by atoms with Crippen LogP contribution in [0, 0.1) is 6.92 Å². The monoisotopic (exact) mass is 444 g/mol. The normalized spacial score (nSPS) is 18.1. The first kappa shape index (κ1) is 20.2. The molecular formula is C25H20N2O4S. The van der Waals surface area contributed by atoms with E-state index in [0.717, 1.165) is 22.2 Å². The smallest absolute Gasteiger partial charge is 0.302 e. The molecule has 1 aliphatic heterocycles. The van der Waals surface area contributed by atoms with E-state index in [1.807, 2.05) is 24.3 Å². The van der Waals surface area contributed by atoms with Crippen molar-refractivity contribution in [1.82, 2.24) is 4.98 Å². The van der Waals surface area contributed by atoms with Gasteiger partial charge in [-0.15, -0.1) is 0 Å². The maximum absolute atomic E-state index is 13.2. The molecule has 2 aromatic heterocycles. The van der Waals surface area contributed by atoms with Gasteiger partial charge in [-0.3, -0.25) is 14.5 Å². The number of aromatic nitrogens is 1. The first-order valence-corrected chi connectivity index (χ1v) is 11.1. The van der Waals surface area contributed by atoms with Crippen LogP contribution in [0.15, 0.2) is 70.7 Å². The highest BCUT2D eigenvalue weighted by atomic mass is 32.1. The number of rotatable bonds is 4. The zero-order valence-corrected chi connectivity index (χ0v) is 18.3. The Hall–Kier alpha value is -3.71. The van der Waals surface area contributed by atoms with Crippen LogP contribution in [-0.2, 0) is 16.0 Å². The Bertz CT molecular complexity index is 1380. The standard InChI is InChI=1S/C25H20N2O4S/c1-3-15-10-11-17-19(13-15)32-25(26-17)27-21(18-12-9-14(2)31-18)20(23(29)24(27)30)22(28)16-7-5-4-6-8-16/h4-13,21,28H,3H2,1-2H3/b22-20+. The van der Waals surface area contributed by atoms with Crippen LogP contribution >= 0.6 is 11.3 Å². The number of anilines is 1. The number of carbonyl (C=O) groups is 2. The summed E-state index contributed by atoms with van der Waals surface area (Å²) in [4.78, 5) is 32.3. The predicted molar refractivity (Wildman–Crippen MR) is 124 cm³/mol. The van der Waals surface area contributed by atoms with E-state index in [2.05, 4.69) is 11.9 Å². The molecule has 4 aromatic rings. The van der Waals surface area contributed by atoms with Crippen LogP contribution in [0.5, 0.6) is 0 Å². The number of hydrogen-bond donors (Lipinski definition) is 1. The van der Waals surface area contributed by atoms with Crippen LogP contribution in [0.25, 0.3) is 16.0 Å². The SMILES string of the molecule is CCc1ccc2nc(N3C(=O)C(=O)/C(=C(/O)c4ccccc4)C3c3ccc(C)o3)sc2c1. The van der Waals surface area contributed by atoms with Gasteiger partial charge in [-0.1, -0.05) is 54.7 Å². The van der Waals surface area contributed by atoms with E-state index < -0.39 is 17.7 Å². The summed E-state index contributed by atoms with van der Waals surface area (Å²) in [6.07, 6.45) is 0.885. The number of amides is 1. The van der Waals surface area contributed by atoms with Crippen LogP contribution in [0.2, 0.25) is 0 Å². The van der Waals surface area contributed by atoms with Crippen LogP contribution in [0.1, 0.15) is 35.6 Å². The third kappa shape index (κ3) is 3.22. The molecule has 1 fully saturated rings. The summed E-state index contributed by atoms with van der Waals surface area (Å²) in [5, 5.41) is 11.4. The second-order valence-electron chi connectivity index (χ2n) is 7.64. The summed E-state index contributed by atoms with van der Waals surface area (Å²) in [5.74, 6) is -0.704. The highest BCUT2D eigenvalue weighted by Gasteiger charge is 2.49. The van der Waals surface area contributed by atoms with Gasteiger partial charge < -0.3 is 9.52 Å². The lowest BCUT2D eigenvalue weighted by atomic mass is 9.99.